The molecule has 0 saturated heterocycles. The van der Waals surface area contributed by atoms with Crippen LogP contribution in [0.1, 0.15) is 27.2 Å². The first-order valence-electron chi connectivity index (χ1n) is 11.0. The number of nitro benzene ring substituents is 1. The normalized spacial score (nSPS) is 10.7. The maximum atomic E-state index is 12.8. The van der Waals surface area contributed by atoms with Crippen molar-refractivity contribution in [2.45, 2.75) is 27.5 Å². The summed E-state index contributed by atoms with van der Waals surface area (Å²) in [5.74, 6) is 0.814. The van der Waals surface area contributed by atoms with Gasteiger partial charge in [0.2, 0.25) is 0 Å². The van der Waals surface area contributed by atoms with Crippen molar-refractivity contribution in [3.05, 3.63) is 104 Å². The van der Waals surface area contributed by atoms with Crippen LogP contribution in [-0.4, -0.2) is 20.6 Å². The number of benzene rings is 3. The summed E-state index contributed by atoms with van der Waals surface area (Å²) in [6.45, 7) is 5.90. The second kappa shape index (κ2) is 10.5. The van der Waals surface area contributed by atoms with Gasteiger partial charge < -0.3 is 14.8 Å². The first-order valence-corrected chi connectivity index (χ1v) is 11.3. The van der Waals surface area contributed by atoms with E-state index in [1.54, 1.807) is 24.4 Å². The molecule has 184 valence electrons. The van der Waals surface area contributed by atoms with Crippen molar-refractivity contribution in [1.82, 2.24) is 9.78 Å². The molecule has 1 amide bonds. The van der Waals surface area contributed by atoms with Crippen molar-refractivity contribution in [1.29, 1.82) is 0 Å². The van der Waals surface area contributed by atoms with Crippen molar-refractivity contribution < 1.29 is 19.2 Å². The number of hydrogen-bond donors (Lipinski definition) is 1. The molecule has 0 radical (unpaired) electrons. The molecule has 0 unspecified atom stereocenters. The van der Waals surface area contributed by atoms with Gasteiger partial charge >= 0.3 is 0 Å². The van der Waals surface area contributed by atoms with Gasteiger partial charge in [-0.3, -0.25) is 14.9 Å². The minimum Gasteiger partial charge on any atom is -0.471 e. The van der Waals surface area contributed by atoms with E-state index >= 15 is 0 Å². The fourth-order valence-electron chi connectivity index (χ4n) is 3.54. The van der Waals surface area contributed by atoms with E-state index in [0.717, 1.165) is 16.7 Å². The maximum Gasteiger partial charge on any atom is 0.276 e. The maximum absolute atomic E-state index is 12.8. The Balaban J connectivity index is 1.47. The highest BCUT2D eigenvalue weighted by molar-refractivity contribution is 6.31. The number of halogens is 1. The zero-order valence-electron chi connectivity index (χ0n) is 19.8. The van der Waals surface area contributed by atoms with Gasteiger partial charge in [-0.25, -0.2) is 4.68 Å². The van der Waals surface area contributed by atoms with Gasteiger partial charge in [0.05, 0.1) is 16.7 Å². The third-order valence-electron chi connectivity index (χ3n) is 5.16. The molecule has 4 aromatic rings. The van der Waals surface area contributed by atoms with Crippen molar-refractivity contribution in [3.63, 3.8) is 0 Å². The van der Waals surface area contributed by atoms with Gasteiger partial charge in [0.1, 0.15) is 17.2 Å². The Morgan fingerprint density at radius 3 is 2.44 bits per heavy atom. The fraction of sp³-hybridized carbons (Fsp3) is 0.154. The summed E-state index contributed by atoms with van der Waals surface area (Å²) in [6.07, 6.45) is 1.61. The molecule has 0 spiro atoms. The van der Waals surface area contributed by atoms with Crippen LogP contribution in [0.5, 0.6) is 17.2 Å². The van der Waals surface area contributed by atoms with Gasteiger partial charge in [-0.2, -0.15) is 5.10 Å². The van der Waals surface area contributed by atoms with Gasteiger partial charge in [0.25, 0.3) is 11.6 Å². The van der Waals surface area contributed by atoms with E-state index < -0.39 is 10.8 Å². The average molecular weight is 507 g/mol. The molecule has 1 aromatic heterocycles. The molecule has 1 N–H and O–H groups in total. The Kier molecular flexibility index (Phi) is 7.21. The largest absolute Gasteiger partial charge is 0.471 e. The number of carbonyl (C=O) groups excluding carboxylic acids is 1. The SMILES string of the molecule is Cc1cc(C)cc(OCn2ccc(C(=O)Nc3cc(Oc4ccc(Cl)c(C)c4)cc([N+](=O)[O-])c3)n2)c1. The summed E-state index contributed by atoms with van der Waals surface area (Å²) in [7, 11) is 0. The Bertz CT molecular complexity index is 1430. The second-order valence-corrected chi connectivity index (χ2v) is 8.68. The first kappa shape index (κ1) is 24.7. The van der Waals surface area contributed by atoms with E-state index in [2.05, 4.69) is 10.4 Å². The predicted octanol–water partition coefficient (Wildman–Crippen LogP) is 6.45. The third kappa shape index (κ3) is 6.19. The van der Waals surface area contributed by atoms with E-state index in [4.69, 9.17) is 21.1 Å². The number of amides is 1. The highest BCUT2D eigenvalue weighted by Gasteiger charge is 2.16. The van der Waals surface area contributed by atoms with Crippen LogP contribution < -0.4 is 14.8 Å². The lowest BCUT2D eigenvalue weighted by atomic mass is 10.1. The zero-order valence-corrected chi connectivity index (χ0v) is 20.6. The molecule has 3 aromatic carbocycles. The van der Waals surface area contributed by atoms with Crippen molar-refractivity contribution >= 4 is 28.9 Å². The molecule has 0 atom stereocenters. The van der Waals surface area contributed by atoms with E-state index in [1.807, 2.05) is 39.0 Å². The monoisotopic (exact) mass is 506 g/mol. The first-order chi connectivity index (χ1) is 17.2. The Hall–Kier alpha value is -4.37. The lowest BCUT2D eigenvalue weighted by Crippen LogP contribution is -2.14. The fourth-order valence-corrected chi connectivity index (χ4v) is 3.66. The quantitative estimate of drug-likeness (QED) is 0.217. The lowest BCUT2D eigenvalue weighted by molar-refractivity contribution is -0.384. The molecule has 0 bridgehead atoms. The molecule has 0 saturated carbocycles. The summed E-state index contributed by atoms with van der Waals surface area (Å²) in [5.41, 5.74) is 3.04. The molecular formula is C26H23ClN4O5. The van der Waals surface area contributed by atoms with E-state index in [0.29, 0.717) is 16.5 Å². The van der Waals surface area contributed by atoms with Crippen LogP contribution >= 0.6 is 11.6 Å². The Labute approximate surface area is 212 Å². The molecule has 9 nitrogen and oxygen atoms in total. The van der Waals surface area contributed by atoms with Crippen molar-refractivity contribution in [3.8, 4) is 17.2 Å². The minimum atomic E-state index is -0.561. The summed E-state index contributed by atoms with van der Waals surface area (Å²) in [4.78, 5) is 23.6. The molecule has 4 rings (SSSR count). The zero-order chi connectivity index (χ0) is 25.8. The number of nitrogens with zero attached hydrogens (tertiary/aromatic N) is 3. The number of aromatic nitrogens is 2. The Morgan fingerprint density at radius 2 is 1.75 bits per heavy atom. The summed E-state index contributed by atoms with van der Waals surface area (Å²) < 4.78 is 13.0. The van der Waals surface area contributed by atoms with Gasteiger partial charge in [-0.1, -0.05) is 17.7 Å². The highest BCUT2D eigenvalue weighted by atomic mass is 35.5. The number of ether oxygens (including phenoxy) is 2. The topological polar surface area (TPSA) is 109 Å². The van der Waals surface area contributed by atoms with Gasteiger partial charge in [0, 0.05) is 23.4 Å². The number of nitro groups is 1. The summed E-state index contributed by atoms with van der Waals surface area (Å²) in [6, 6.07) is 16.5. The Morgan fingerprint density at radius 1 is 1.00 bits per heavy atom. The van der Waals surface area contributed by atoms with Crippen LogP contribution in [0.15, 0.2) is 66.9 Å². The van der Waals surface area contributed by atoms with Crippen molar-refractivity contribution in [2.75, 3.05) is 5.32 Å². The summed E-state index contributed by atoms with van der Waals surface area (Å²) >= 11 is 6.05. The molecule has 10 heteroatoms. The van der Waals surface area contributed by atoms with E-state index in [-0.39, 0.29) is 29.5 Å². The number of aryl methyl sites for hydroxylation is 3. The smallest absolute Gasteiger partial charge is 0.276 e. The summed E-state index contributed by atoms with van der Waals surface area (Å²) in [5, 5.41) is 18.9. The molecule has 0 aliphatic heterocycles. The number of rotatable bonds is 8. The molecule has 36 heavy (non-hydrogen) atoms. The molecular weight excluding hydrogens is 484 g/mol. The molecule has 1 heterocycles. The number of nitrogens with one attached hydrogen (secondary N) is 1. The second-order valence-electron chi connectivity index (χ2n) is 8.28. The van der Waals surface area contributed by atoms with Gasteiger partial charge in [0.15, 0.2) is 12.4 Å². The van der Waals surface area contributed by atoms with E-state index in [1.165, 1.54) is 28.9 Å². The van der Waals surface area contributed by atoms with Crippen LogP contribution in [0.4, 0.5) is 11.4 Å². The van der Waals surface area contributed by atoms with Crippen LogP contribution in [0.2, 0.25) is 5.02 Å². The van der Waals surface area contributed by atoms with Crippen LogP contribution in [0, 0.1) is 30.9 Å². The number of hydrogen-bond acceptors (Lipinski definition) is 6. The third-order valence-corrected chi connectivity index (χ3v) is 5.58. The van der Waals surface area contributed by atoms with Crippen LogP contribution in [0.3, 0.4) is 0 Å². The van der Waals surface area contributed by atoms with Crippen molar-refractivity contribution in [2.24, 2.45) is 0 Å². The minimum absolute atomic E-state index is 0.117. The van der Waals surface area contributed by atoms with E-state index in [9.17, 15) is 14.9 Å². The lowest BCUT2D eigenvalue weighted by Gasteiger charge is -2.10. The number of carbonyl (C=O) groups is 1. The standard InChI is InChI=1S/C26H23ClN4O5/c1-16-8-17(2)10-22(9-16)35-15-30-7-6-25(29-30)26(32)28-19-12-20(31(33)34)14-23(13-19)36-21-4-5-24(27)18(3)11-21/h4-14H,15H2,1-3H3,(H,28,32). The predicted molar refractivity (Wildman–Crippen MR) is 136 cm³/mol. The number of non-ortho nitro benzene ring substituents is 1. The van der Waals surface area contributed by atoms with Gasteiger partial charge in [-0.05, 0) is 73.9 Å². The average Bonchev–Trinajstić information content (AvgIpc) is 3.29. The van der Waals surface area contributed by atoms with Crippen LogP contribution in [0.25, 0.3) is 0 Å². The molecule has 0 aliphatic rings. The highest BCUT2D eigenvalue weighted by Crippen LogP contribution is 2.31. The molecule has 0 fully saturated rings. The molecule has 0 aliphatic carbocycles. The van der Waals surface area contributed by atoms with Gasteiger partial charge in [-0.15, -0.1) is 0 Å². The van der Waals surface area contributed by atoms with Crippen LogP contribution in [-0.2, 0) is 6.73 Å². The number of anilines is 1.